The van der Waals surface area contributed by atoms with Gasteiger partial charge in [-0.1, -0.05) is 27.7 Å². The van der Waals surface area contributed by atoms with Gasteiger partial charge in [-0.15, -0.1) is 11.3 Å². The van der Waals surface area contributed by atoms with Crippen molar-refractivity contribution in [2.75, 3.05) is 5.32 Å². The Balaban J connectivity index is 2.73. The summed E-state index contributed by atoms with van der Waals surface area (Å²) in [6, 6.07) is -0.574. The van der Waals surface area contributed by atoms with E-state index in [1.54, 1.807) is 11.6 Å². The molecule has 2 N–H and O–H groups in total. The molecular formula is C13H21N3O2S. The molecule has 1 atom stereocenters. The van der Waals surface area contributed by atoms with Crippen molar-refractivity contribution in [2.45, 2.75) is 46.6 Å². The lowest BCUT2D eigenvalue weighted by Crippen LogP contribution is -2.51. The molecule has 0 radical (unpaired) electrons. The van der Waals surface area contributed by atoms with Crippen molar-refractivity contribution in [2.24, 2.45) is 5.41 Å². The van der Waals surface area contributed by atoms with Gasteiger partial charge < -0.3 is 10.6 Å². The summed E-state index contributed by atoms with van der Waals surface area (Å²) in [7, 11) is 0. The Hall–Kier alpha value is -1.43. The van der Waals surface area contributed by atoms with Gasteiger partial charge in [-0.25, -0.2) is 4.98 Å². The van der Waals surface area contributed by atoms with Crippen LogP contribution in [0.2, 0.25) is 0 Å². The molecule has 0 aliphatic carbocycles. The van der Waals surface area contributed by atoms with Gasteiger partial charge in [0.25, 0.3) is 0 Å². The average molecular weight is 283 g/mol. The second kappa shape index (κ2) is 6.65. The summed E-state index contributed by atoms with van der Waals surface area (Å²) in [4.78, 5) is 28.0. The number of amides is 2. The molecule has 0 aliphatic rings. The van der Waals surface area contributed by atoms with E-state index in [2.05, 4.69) is 15.6 Å². The summed E-state index contributed by atoms with van der Waals surface area (Å²) in [6.07, 6.45) is 2.82. The SMILES string of the molecule is CCCC(=O)N[C@H](C(=O)Nc1nccs1)C(C)(C)C. The third-order valence-electron chi connectivity index (χ3n) is 2.57. The second-order valence-electron chi connectivity index (χ2n) is 5.44. The molecule has 0 aliphatic heterocycles. The van der Waals surface area contributed by atoms with Crippen LogP contribution in [-0.2, 0) is 9.59 Å². The minimum atomic E-state index is -0.574. The Morgan fingerprint density at radius 2 is 2.11 bits per heavy atom. The van der Waals surface area contributed by atoms with Crippen molar-refractivity contribution < 1.29 is 9.59 Å². The van der Waals surface area contributed by atoms with E-state index in [-0.39, 0.29) is 17.2 Å². The zero-order valence-corrected chi connectivity index (χ0v) is 12.6. The Labute approximate surface area is 117 Å². The molecule has 0 fully saturated rings. The maximum absolute atomic E-state index is 12.2. The lowest BCUT2D eigenvalue weighted by Gasteiger charge is -2.30. The molecule has 0 saturated heterocycles. The molecule has 1 aromatic heterocycles. The van der Waals surface area contributed by atoms with Gasteiger partial charge in [-0.05, 0) is 11.8 Å². The minimum Gasteiger partial charge on any atom is -0.344 e. The zero-order valence-electron chi connectivity index (χ0n) is 11.8. The summed E-state index contributed by atoms with van der Waals surface area (Å²) in [5.41, 5.74) is -0.356. The van der Waals surface area contributed by atoms with Crippen LogP contribution in [-0.4, -0.2) is 22.8 Å². The Morgan fingerprint density at radius 1 is 1.42 bits per heavy atom. The van der Waals surface area contributed by atoms with Crippen molar-refractivity contribution >= 4 is 28.3 Å². The van der Waals surface area contributed by atoms with Crippen LogP contribution in [0.4, 0.5) is 5.13 Å². The lowest BCUT2D eigenvalue weighted by atomic mass is 9.86. The number of thiazole rings is 1. The molecule has 0 unspecified atom stereocenters. The van der Waals surface area contributed by atoms with Gasteiger partial charge in [0.1, 0.15) is 6.04 Å². The number of nitrogens with one attached hydrogen (secondary N) is 2. The monoisotopic (exact) mass is 283 g/mol. The normalized spacial score (nSPS) is 12.8. The van der Waals surface area contributed by atoms with E-state index in [0.717, 1.165) is 6.42 Å². The molecule has 19 heavy (non-hydrogen) atoms. The third kappa shape index (κ3) is 4.98. The van der Waals surface area contributed by atoms with Gasteiger partial charge in [-0.2, -0.15) is 0 Å². The van der Waals surface area contributed by atoms with E-state index in [9.17, 15) is 9.59 Å². The third-order valence-corrected chi connectivity index (χ3v) is 3.26. The number of hydrogen-bond acceptors (Lipinski definition) is 4. The van der Waals surface area contributed by atoms with E-state index >= 15 is 0 Å². The van der Waals surface area contributed by atoms with Crippen molar-refractivity contribution in [1.29, 1.82) is 0 Å². The number of carbonyl (C=O) groups is 2. The van der Waals surface area contributed by atoms with Crippen LogP contribution in [0, 0.1) is 5.41 Å². The van der Waals surface area contributed by atoms with E-state index in [0.29, 0.717) is 11.6 Å². The fourth-order valence-corrected chi connectivity index (χ4v) is 2.13. The average Bonchev–Trinajstić information content (AvgIpc) is 2.77. The smallest absolute Gasteiger partial charge is 0.249 e. The highest BCUT2D eigenvalue weighted by Gasteiger charge is 2.32. The number of aromatic nitrogens is 1. The topological polar surface area (TPSA) is 71.1 Å². The molecule has 0 spiro atoms. The molecule has 5 nitrogen and oxygen atoms in total. The molecule has 2 amide bonds. The van der Waals surface area contributed by atoms with Gasteiger partial charge in [0.15, 0.2) is 5.13 Å². The van der Waals surface area contributed by atoms with Crippen LogP contribution in [0.1, 0.15) is 40.5 Å². The van der Waals surface area contributed by atoms with E-state index in [4.69, 9.17) is 0 Å². The maximum Gasteiger partial charge on any atom is 0.249 e. The van der Waals surface area contributed by atoms with E-state index in [1.807, 2.05) is 27.7 Å². The number of rotatable bonds is 5. The van der Waals surface area contributed by atoms with Gasteiger partial charge in [0.2, 0.25) is 11.8 Å². The fraction of sp³-hybridized carbons (Fsp3) is 0.615. The number of carbonyl (C=O) groups excluding carboxylic acids is 2. The summed E-state index contributed by atoms with van der Waals surface area (Å²) in [6.45, 7) is 7.70. The van der Waals surface area contributed by atoms with Crippen LogP contribution in [0.25, 0.3) is 0 Å². The molecule has 0 saturated carbocycles. The first-order chi connectivity index (χ1) is 8.84. The first-order valence-electron chi connectivity index (χ1n) is 6.34. The molecule has 1 aromatic rings. The van der Waals surface area contributed by atoms with E-state index in [1.165, 1.54) is 11.3 Å². The Kier molecular flexibility index (Phi) is 5.47. The van der Waals surface area contributed by atoms with Crippen molar-refractivity contribution in [1.82, 2.24) is 10.3 Å². The highest BCUT2D eigenvalue weighted by atomic mass is 32.1. The zero-order chi connectivity index (χ0) is 14.5. The Morgan fingerprint density at radius 3 is 2.58 bits per heavy atom. The second-order valence-corrected chi connectivity index (χ2v) is 6.34. The minimum absolute atomic E-state index is 0.100. The first-order valence-corrected chi connectivity index (χ1v) is 7.22. The maximum atomic E-state index is 12.2. The first kappa shape index (κ1) is 15.6. The summed E-state index contributed by atoms with van der Waals surface area (Å²) < 4.78 is 0. The van der Waals surface area contributed by atoms with Crippen LogP contribution in [0.15, 0.2) is 11.6 Å². The molecule has 1 heterocycles. The molecular weight excluding hydrogens is 262 g/mol. The number of hydrogen-bond donors (Lipinski definition) is 2. The predicted molar refractivity (Wildman–Crippen MR) is 77.0 cm³/mol. The van der Waals surface area contributed by atoms with Gasteiger partial charge in [0, 0.05) is 18.0 Å². The number of nitrogens with zero attached hydrogens (tertiary/aromatic N) is 1. The van der Waals surface area contributed by atoms with Crippen molar-refractivity contribution in [3.63, 3.8) is 0 Å². The van der Waals surface area contributed by atoms with Crippen molar-refractivity contribution in [3.8, 4) is 0 Å². The van der Waals surface area contributed by atoms with E-state index < -0.39 is 6.04 Å². The molecule has 0 aromatic carbocycles. The highest BCUT2D eigenvalue weighted by Crippen LogP contribution is 2.21. The van der Waals surface area contributed by atoms with Gasteiger partial charge >= 0.3 is 0 Å². The van der Waals surface area contributed by atoms with Gasteiger partial charge in [-0.3, -0.25) is 9.59 Å². The van der Waals surface area contributed by atoms with Crippen LogP contribution in [0.3, 0.4) is 0 Å². The Bertz CT molecular complexity index is 424. The van der Waals surface area contributed by atoms with Crippen LogP contribution >= 0.6 is 11.3 Å². The molecule has 1 rings (SSSR count). The summed E-state index contributed by atoms with van der Waals surface area (Å²) in [5, 5.41) is 7.86. The fourth-order valence-electron chi connectivity index (χ4n) is 1.60. The molecule has 0 bridgehead atoms. The predicted octanol–water partition coefficient (Wildman–Crippen LogP) is 2.41. The molecule has 6 heteroatoms. The highest BCUT2D eigenvalue weighted by molar-refractivity contribution is 7.13. The van der Waals surface area contributed by atoms with Crippen molar-refractivity contribution in [3.05, 3.63) is 11.6 Å². The summed E-state index contributed by atoms with van der Waals surface area (Å²) in [5.74, 6) is -0.330. The van der Waals surface area contributed by atoms with Crippen LogP contribution in [0.5, 0.6) is 0 Å². The molecule has 106 valence electrons. The number of anilines is 1. The quantitative estimate of drug-likeness (QED) is 0.871. The largest absolute Gasteiger partial charge is 0.344 e. The lowest BCUT2D eigenvalue weighted by molar-refractivity contribution is -0.128. The van der Waals surface area contributed by atoms with Crippen LogP contribution < -0.4 is 10.6 Å². The van der Waals surface area contributed by atoms with Gasteiger partial charge in [0.05, 0.1) is 0 Å². The standard InChI is InChI=1S/C13H21N3O2S/c1-5-6-9(17)15-10(13(2,3)4)11(18)16-12-14-7-8-19-12/h7-8,10H,5-6H2,1-4H3,(H,15,17)(H,14,16,18)/t10-/m1/s1. The summed E-state index contributed by atoms with van der Waals surface area (Å²) >= 11 is 1.35.